The van der Waals surface area contributed by atoms with Gasteiger partial charge in [0.2, 0.25) is 15.9 Å². The monoisotopic (exact) mass is 418 g/mol. The van der Waals surface area contributed by atoms with Gasteiger partial charge in [-0.3, -0.25) is 4.79 Å². The Bertz CT molecular complexity index is 954. The summed E-state index contributed by atoms with van der Waals surface area (Å²) < 4.78 is 59.0. The molecule has 27 heavy (non-hydrogen) atoms. The van der Waals surface area contributed by atoms with Crippen molar-refractivity contribution in [3.63, 3.8) is 0 Å². The molecule has 0 saturated carbocycles. The van der Waals surface area contributed by atoms with E-state index in [-0.39, 0.29) is 9.92 Å². The summed E-state index contributed by atoms with van der Waals surface area (Å²) >= 11 is 5.98. The van der Waals surface area contributed by atoms with Crippen molar-refractivity contribution in [2.24, 2.45) is 0 Å². The van der Waals surface area contributed by atoms with Gasteiger partial charge in [0.1, 0.15) is 17.4 Å². The number of nitrogens with one attached hydrogen (secondary N) is 2. The van der Waals surface area contributed by atoms with Gasteiger partial charge in [0.15, 0.2) is 0 Å². The second-order valence-electron chi connectivity index (χ2n) is 5.48. The van der Waals surface area contributed by atoms with Crippen molar-refractivity contribution in [2.45, 2.75) is 24.8 Å². The Hall–Kier alpha value is -2.23. The van der Waals surface area contributed by atoms with Gasteiger partial charge in [-0.2, -0.15) is 4.72 Å². The third kappa shape index (κ3) is 5.38. The van der Waals surface area contributed by atoms with E-state index in [1.165, 1.54) is 25.1 Å². The minimum Gasteiger partial charge on any atom is -0.492 e. The fourth-order valence-electron chi connectivity index (χ4n) is 2.11. The number of ether oxygens (including phenoxy) is 1. The summed E-state index contributed by atoms with van der Waals surface area (Å²) in [4.78, 5) is 11.9. The molecule has 2 rings (SSSR count). The highest BCUT2D eigenvalue weighted by Gasteiger charge is 2.23. The van der Waals surface area contributed by atoms with Crippen LogP contribution in [0.2, 0.25) is 5.02 Å². The molecule has 0 aromatic heterocycles. The standard InChI is InChI=1S/C17H17ClF2N2O4S/c1-3-26-16-7-5-12(9-13(16)18)27(24,25)22-10(2)17(23)21-15-8-11(19)4-6-14(15)20/h4-10,22H,3H2,1-2H3,(H,21,23)/t10-/m1/s1. The summed E-state index contributed by atoms with van der Waals surface area (Å²) in [5, 5.41) is 2.23. The quantitative estimate of drug-likeness (QED) is 0.722. The molecular weight excluding hydrogens is 402 g/mol. The summed E-state index contributed by atoms with van der Waals surface area (Å²) in [6.07, 6.45) is 0. The van der Waals surface area contributed by atoms with Crippen molar-refractivity contribution in [1.82, 2.24) is 4.72 Å². The molecule has 10 heteroatoms. The Kier molecular flexibility index (Phi) is 6.74. The number of rotatable bonds is 7. The lowest BCUT2D eigenvalue weighted by Crippen LogP contribution is -2.41. The Labute approximate surface area is 160 Å². The smallest absolute Gasteiger partial charge is 0.242 e. The summed E-state index contributed by atoms with van der Waals surface area (Å²) in [7, 11) is -4.09. The zero-order valence-electron chi connectivity index (χ0n) is 14.4. The van der Waals surface area contributed by atoms with Crippen molar-refractivity contribution in [3.05, 3.63) is 53.1 Å². The normalized spacial score (nSPS) is 12.5. The van der Waals surface area contributed by atoms with Crippen LogP contribution in [0.5, 0.6) is 5.75 Å². The van der Waals surface area contributed by atoms with Crippen LogP contribution < -0.4 is 14.8 Å². The molecule has 0 aliphatic rings. The lowest BCUT2D eigenvalue weighted by molar-refractivity contribution is -0.117. The maximum atomic E-state index is 13.6. The molecule has 2 aromatic rings. The predicted molar refractivity (Wildman–Crippen MR) is 97.4 cm³/mol. The predicted octanol–water partition coefficient (Wildman–Crippen LogP) is 3.32. The number of carbonyl (C=O) groups is 1. The molecule has 0 fully saturated rings. The van der Waals surface area contributed by atoms with Gasteiger partial charge in [-0.25, -0.2) is 17.2 Å². The first-order valence-corrected chi connectivity index (χ1v) is 9.70. The molecule has 1 atom stereocenters. The molecule has 0 saturated heterocycles. The van der Waals surface area contributed by atoms with E-state index in [2.05, 4.69) is 10.0 Å². The summed E-state index contributed by atoms with van der Waals surface area (Å²) in [5.74, 6) is -2.13. The largest absolute Gasteiger partial charge is 0.492 e. The summed E-state index contributed by atoms with van der Waals surface area (Å²) in [6.45, 7) is 3.38. The van der Waals surface area contributed by atoms with Crippen LogP contribution in [0.4, 0.5) is 14.5 Å². The van der Waals surface area contributed by atoms with Crippen molar-refractivity contribution < 1.29 is 26.7 Å². The first-order valence-electron chi connectivity index (χ1n) is 7.84. The maximum Gasteiger partial charge on any atom is 0.242 e. The SMILES string of the molecule is CCOc1ccc(S(=O)(=O)N[C@H](C)C(=O)Nc2cc(F)ccc2F)cc1Cl. The van der Waals surface area contributed by atoms with Crippen LogP contribution in [-0.2, 0) is 14.8 Å². The molecule has 2 aromatic carbocycles. The Morgan fingerprint density at radius 3 is 2.56 bits per heavy atom. The molecule has 1 amide bonds. The minimum absolute atomic E-state index is 0.0960. The van der Waals surface area contributed by atoms with Crippen LogP contribution in [0, 0.1) is 11.6 Å². The fraction of sp³-hybridized carbons (Fsp3) is 0.235. The van der Waals surface area contributed by atoms with Crippen LogP contribution in [0.3, 0.4) is 0 Å². The first-order chi connectivity index (χ1) is 12.6. The van der Waals surface area contributed by atoms with Crippen LogP contribution >= 0.6 is 11.6 Å². The number of benzene rings is 2. The molecule has 2 N–H and O–H groups in total. The topological polar surface area (TPSA) is 84.5 Å². The minimum atomic E-state index is -4.09. The lowest BCUT2D eigenvalue weighted by atomic mass is 10.2. The van der Waals surface area contributed by atoms with E-state index >= 15 is 0 Å². The van der Waals surface area contributed by atoms with Gasteiger partial charge in [0.05, 0.1) is 28.3 Å². The highest BCUT2D eigenvalue weighted by molar-refractivity contribution is 7.89. The first kappa shape index (κ1) is 21.1. The number of amides is 1. The number of carbonyl (C=O) groups excluding carboxylic acids is 1. The maximum absolute atomic E-state index is 13.6. The average Bonchev–Trinajstić information content (AvgIpc) is 2.59. The Balaban J connectivity index is 2.13. The van der Waals surface area contributed by atoms with E-state index < -0.39 is 39.3 Å². The molecule has 146 valence electrons. The number of hydrogen-bond acceptors (Lipinski definition) is 4. The van der Waals surface area contributed by atoms with Gasteiger partial charge in [0, 0.05) is 6.07 Å². The van der Waals surface area contributed by atoms with E-state index in [0.29, 0.717) is 12.4 Å². The van der Waals surface area contributed by atoms with E-state index in [9.17, 15) is 22.0 Å². The molecule has 0 aliphatic heterocycles. The average molecular weight is 419 g/mol. The van der Waals surface area contributed by atoms with Crippen LogP contribution in [-0.4, -0.2) is 27.0 Å². The van der Waals surface area contributed by atoms with E-state index in [1.807, 2.05) is 0 Å². The fourth-order valence-corrected chi connectivity index (χ4v) is 3.64. The summed E-state index contributed by atoms with van der Waals surface area (Å²) in [6, 6.07) is 5.13. The van der Waals surface area contributed by atoms with Crippen LogP contribution in [0.25, 0.3) is 0 Å². The summed E-state index contributed by atoms with van der Waals surface area (Å²) in [5.41, 5.74) is -0.393. The van der Waals surface area contributed by atoms with Crippen LogP contribution in [0.1, 0.15) is 13.8 Å². The molecule has 0 unspecified atom stereocenters. The van der Waals surface area contributed by atoms with E-state index in [0.717, 1.165) is 18.2 Å². The van der Waals surface area contributed by atoms with Crippen molar-refractivity contribution >= 4 is 33.2 Å². The molecule has 0 aliphatic carbocycles. The van der Waals surface area contributed by atoms with Crippen molar-refractivity contribution in [1.29, 1.82) is 0 Å². The zero-order valence-corrected chi connectivity index (χ0v) is 16.0. The van der Waals surface area contributed by atoms with E-state index in [4.69, 9.17) is 16.3 Å². The van der Waals surface area contributed by atoms with Gasteiger partial charge in [0.25, 0.3) is 0 Å². The molecular formula is C17H17ClF2N2O4S. The third-order valence-electron chi connectivity index (χ3n) is 3.42. The molecule has 0 spiro atoms. The molecule has 0 radical (unpaired) electrons. The van der Waals surface area contributed by atoms with Gasteiger partial charge < -0.3 is 10.1 Å². The lowest BCUT2D eigenvalue weighted by Gasteiger charge is -2.15. The van der Waals surface area contributed by atoms with Gasteiger partial charge in [-0.05, 0) is 44.2 Å². The highest BCUT2D eigenvalue weighted by atomic mass is 35.5. The van der Waals surface area contributed by atoms with Crippen molar-refractivity contribution in [3.8, 4) is 5.75 Å². The van der Waals surface area contributed by atoms with Gasteiger partial charge in [-0.15, -0.1) is 0 Å². The Morgan fingerprint density at radius 2 is 1.93 bits per heavy atom. The van der Waals surface area contributed by atoms with E-state index in [1.54, 1.807) is 6.92 Å². The number of anilines is 1. The second-order valence-corrected chi connectivity index (χ2v) is 7.60. The Morgan fingerprint density at radius 1 is 1.22 bits per heavy atom. The van der Waals surface area contributed by atoms with Gasteiger partial charge >= 0.3 is 0 Å². The zero-order chi connectivity index (χ0) is 20.2. The third-order valence-corrected chi connectivity index (χ3v) is 5.26. The van der Waals surface area contributed by atoms with Crippen LogP contribution in [0.15, 0.2) is 41.3 Å². The number of hydrogen-bond donors (Lipinski definition) is 2. The number of halogens is 3. The highest BCUT2D eigenvalue weighted by Crippen LogP contribution is 2.27. The molecule has 0 heterocycles. The number of sulfonamides is 1. The molecule has 0 bridgehead atoms. The molecule has 6 nitrogen and oxygen atoms in total. The van der Waals surface area contributed by atoms with Crippen molar-refractivity contribution in [2.75, 3.05) is 11.9 Å². The van der Waals surface area contributed by atoms with Gasteiger partial charge in [-0.1, -0.05) is 11.6 Å². The second kappa shape index (κ2) is 8.64.